The second kappa shape index (κ2) is 11.0. The second-order valence-electron chi connectivity index (χ2n) is 7.01. The Morgan fingerprint density at radius 3 is 2.41 bits per heavy atom. The van der Waals surface area contributed by atoms with E-state index in [4.69, 9.17) is 10.5 Å². The van der Waals surface area contributed by atoms with Crippen LogP contribution >= 0.6 is 12.4 Å². The molecule has 1 amide bonds. The van der Waals surface area contributed by atoms with E-state index >= 15 is 0 Å². The van der Waals surface area contributed by atoms with Gasteiger partial charge in [0.1, 0.15) is 0 Å². The molecule has 2 aromatic rings. The molecule has 4 nitrogen and oxygen atoms in total. The van der Waals surface area contributed by atoms with Gasteiger partial charge in [0.2, 0.25) is 5.91 Å². The Kier molecular flexibility index (Phi) is 8.62. The van der Waals surface area contributed by atoms with Crippen molar-refractivity contribution in [2.24, 2.45) is 5.92 Å². The highest BCUT2D eigenvalue weighted by molar-refractivity contribution is 5.85. The van der Waals surface area contributed by atoms with Gasteiger partial charge in [-0.2, -0.15) is 0 Å². The van der Waals surface area contributed by atoms with Crippen molar-refractivity contribution < 1.29 is 9.53 Å². The van der Waals surface area contributed by atoms with E-state index in [0.29, 0.717) is 25.3 Å². The lowest BCUT2D eigenvalue weighted by molar-refractivity contribution is -0.133. The van der Waals surface area contributed by atoms with Gasteiger partial charge in [0.25, 0.3) is 0 Å². The maximum atomic E-state index is 13.0. The first-order valence-electron chi connectivity index (χ1n) is 9.45. The van der Waals surface area contributed by atoms with E-state index in [1.807, 2.05) is 47.4 Å². The molecule has 2 aromatic carbocycles. The van der Waals surface area contributed by atoms with Gasteiger partial charge in [0, 0.05) is 38.4 Å². The van der Waals surface area contributed by atoms with Crippen LogP contribution in [0.15, 0.2) is 54.6 Å². The molecule has 1 heterocycles. The number of nitrogen functional groups attached to an aromatic ring is 1. The number of amides is 1. The number of anilines is 1. The second-order valence-corrected chi connectivity index (χ2v) is 7.01. The van der Waals surface area contributed by atoms with Crippen molar-refractivity contribution in [3.05, 3.63) is 65.7 Å². The summed E-state index contributed by atoms with van der Waals surface area (Å²) in [5.74, 6) is 0.724. The number of hydrogen-bond donors (Lipinski definition) is 1. The van der Waals surface area contributed by atoms with Gasteiger partial charge in [-0.05, 0) is 42.4 Å². The molecule has 3 rings (SSSR count). The number of carbonyl (C=O) groups excluding carboxylic acids is 1. The molecule has 1 aliphatic heterocycles. The number of halogens is 1. The number of ether oxygens (including phenoxy) is 1. The molecule has 1 aliphatic rings. The van der Waals surface area contributed by atoms with Crippen LogP contribution in [-0.4, -0.2) is 30.6 Å². The van der Waals surface area contributed by atoms with E-state index in [9.17, 15) is 4.79 Å². The molecular weight excluding hydrogens is 360 g/mol. The van der Waals surface area contributed by atoms with Crippen molar-refractivity contribution in [3.8, 4) is 0 Å². The Morgan fingerprint density at radius 1 is 1.04 bits per heavy atom. The number of para-hydroxylation sites is 1. The zero-order valence-electron chi connectivity index (χ0n) is 15.7. The van der Waals surface area contributed by atoms with Crippen LogP contribution in [0.5, 0.6) is 0 Å². The first-order chi connectivity index (χ1) is 12.7. The summed E-state index contributed by atoms with van der Waals surface area (Å²) in [5.41, 5.74) is 9.00. The standard InChI is InChI=1S/C22H28N2O2.ClH/c23-21-9-5-4-8-20(21)10-11-22(25)24(16-18-6-2-1-3-7-18)17-19-12-14-26-15-13-19;/h1-9,19H,10-17,23H2;1H. The van der Waals surface area contributed by atoms with Crippen molar-refractivity contribution >= 4 is 24.0 Å². The third-order valence-corrected chi connectivity index (χ3v) is 5.05. The van der Waals surface area contributed by atoms with Crippen LogP contribution in [0.2, 0.25) is 0 Å². The fraction of sp³-hybridized carbons (Fsp3) is 0.409. The maximum Gasteiger partial charge on any atom is 0.223 e. The quantitative estimate of drug-likeness (QED) is 0.727. The molecule has 0 atom stereocenters. The summed E-state index contributed by atoms with van der Waals surface area (Å²) in [6, 6.07) is 18.0. The highest BCUT2D eigenvalue weighted by Crippen LogP contribution is 2.19. The van der Waals surface area contributed by atoms with Crippen molar-refractivity contribution in [1.82, 2.24) is 4.90 Å². The van der Waals surface area contributed by atoms with E-state index in [1.165, 1.54) is 5.56 Å². The minimum absolute atomic E-state index is 0. The summed E-state index contributed by atoms with van der Waals surface area (Å²) in [6.07, 6.45) is 3.24. The lowest BCUT2D eigenvalue weighted by Crippen LogP contribution is -2.37. The smallest absolute Gasteiger partial charge is 0.223 e. The average Bonchev–Trinajstić information content (AvgIpc) is 2.68. The number of rotatable bonds is 7. The van der Waals surface area contributed by atoms with Gasteiger partial charge in [0.15, 0.2) is 0 Å². The molecule has 2 N–H and O–H groups in total. The zero-order chi connectivity index (χ0) is 18.2. The van der Waals surface area contributed by atoms with E-state index in [0.717, 1.165) is 43.9 Å². The van der Waals surface area contributed by atoms with Gasteiger partial charge in [-0.15, -0.1) is 12.4 Å². The summed E-state index contributed by atoms with van der Waals surface area (Å²) < 4.78 is 5.46. The fourth-order valence-corrected chi connectivity index (χ4v) is 3.46. The first-order valence-corrected chi connectivity index (χ1v) is 9.45. The van der Waals surface area contributed by atoms with Gasteiger partial charge in [-0.3, -0.25) is 4.79 Å². The fourth-order valence-electron chi connectivity index (χ4n) is 3.46. The number of aryl methyl sites for hydroxylation is 1. The Labute approximate surface area is 168 Å². The SMILES string of the molecule is Cl.Nc1ccccc1CCC(=O)N(Cc1ccccc1)CC1CCOCC1. The summed E-state index contributed by atoms with van der Waals surface area (Å²) >= 11 is 0. The molecular formula is C22H29ClN2O2. The molecule has 0 bridgehead atoms. The normalized spacial score (nSPS) is 14.4. The van der Waals surface area contributed by atoms with Crippen LogP contribution in [-0.2, 0) is 22.5 Å². The molecule has 0 aromatic heterocycles. The summed E-state index contributed by atoms with van der Waals surface area (Å²) in [7, 11) is 0. The number of benzene rings is 2. The van der Waals surface area contributed by atoms with Gasteiger partial charge in [0.05, 0.1) is 0 Å². The van der Waals surface area contributed by atoms with Gasteiger partial charge in [-0.25, -0.2) is 0 Å². The molecule has 5 heteroatoms. The van der Waals surface area contributed by atoms with Crippen molar-refractivity contribution in [3.63, 3.8) is 0 Å². The van der Waals surface area contributed by atoms with Crippen LogP contribution < -0.4 is 5.73 Å². The Bertz CT molecular complexity index is 702. The van der Waals surface area contributed by atoms with Crippen LogP contribution in [0.25, 0.3) is 0 Å². The Hall–Kier alpha value is -2.04. The van der Waals surface area contributed by atoms with Crippen LogP contribution in [0.1, 0.15) is 30.4 Å². The van der Waals surface area contributed by atoms with E-state index in [2.05, 4.69) is 12.1 Å². The minimum atomic E-state index is 0. The lowest BCUT2D eigenvalue weighted by atomic mass is 9.99. The zero-order valence-corrected chi connectivity index (χ0v) is 16.5. The van der Waals surface area contributed by atoms with E-state index < -0.39 is 0 Å². The van der Waals surface area contributed by atoms with Crippen LogP contribution in [0.3, 0.4) is 0 Å². The third-order valence-electron chi connectivity index (χ3n) is 5.05. The highest BCUT2D eigenvalue weighted by Gasteiger charge is 2.21. The van der Waals surface area contributed by atoms with E-state index in [-0.39, 0.29) is 18.3 Å². The lowest BCUT2D eigenvalue weighted by Gasteiger charge is -2.30. The number of hydrogen-bond acceptors (Lipinski definition) is 3. The predicted octanol–water partition coefficient (Wildman–Crippen LogP) is 4.08. The van der Waals surface area contributed by atoms with Gasteiger partial charge in [-0.1, -0.05) is 48.5 Å². The molecule has 27 heavy (non-hydrogen) atoms. The molecule has 0 radical (unpaired) electrons. The number of carbonyl (C=O) groups is 1. The predicted molar refractivity (Wildman–Crippen MR) is 112 cm³/mol. The molecule has 0 aliphatic carbocycles. The third kappa shape index (κ3) is 6.56. The monoisotopic (exact) mass is 388 g/mol. The molecule has 0 spiro atoms. The number of nitrogens with zero attached hydrogens (tertiary/aromatic N) is 1. The van der Waals surface area contributed by atoms with Gasteiger partial charge < -0.3 is 15.4 Å². The summed E-state index contributed by atoms with van der Waals surface area (Å²) in [5, 5.41) is 0. The first kappa shape index (κ1) is 21.3. The van der Waals surface area contributed by atoms with Crippen molar-refractivity contribution in [2.45, 2.75) is 32.2 Å². The van der Waals surface area contributed by atoms with Crippen molar-refractivity contribution in [1.29, 1.82) is 0 Å². The molecule has 1 saturated heterocycles. The van der Waals surface area contributed by atoms with Gasteiger partial charge >= 0.3 is 0 Å². The molecule has 1 fully saturated rings. The largest absolute Gasteiger partial charge is 0.399 e. The topological polar surface area (TPSA) is 55.6 Å². The maximum absolute atomic E-state index is 13.0. The highest BCUT2D eigenvalue weighted by atomic mass is 35.5. The summed E-state index contributed by atoms with van der Waals surface area (Å²) in [4.78, 5) is 15.0. The number of nitrogens with two attached hydrogens (primary N) is 1. The molecule has 146 valence electrons. The Morgan fingerprint density at radius 2 is 1.70 bits per heavy atom. The van der Waals surface area contributed by atoms with Crippen LogP contribution in [0.4, 0.5) is 5.69 Å². The molecule has 0 unspecified atom stereocenters. The minimum Gasteiger partial charge on any atom is -0.399 e. The Balaban J connectivity index is 0.00000261. The summed E-state index contributed by atoms with van der Waals surface area (Å²) in [6.45, 7) is 3.08. The average molecular weight is 389 g/mol. The molecule has 0 saturated carbocycles. The van der Waals surface area contributed by atoms with Crippen LogP contribution in [0, 0.1) is 5.92 Å². The van der Waals surface area contributed by atoms with E-state index in [1.54, 1.807) is 0 Å². The van der Waals surface area contributed by atoms with Crippen molar-refractivity contribution in [2.75, 3.05) is 25.5 Å².